The Morgan fingerprint density at radius 1 is 1.22 bits per heavy atom. The zero-order valence-corrected chi connectivity index (χ0v) is 15.1. The number of fused-ring (bicyclic) bond motifs is 1. The lowest BCUT2D eigenvalue weighted by Crippen LogP contribution is -2.36. The van der Waals surface area contributed by atoms with Crippen LogP contribution in [0, 0.1) is 5.82 Å². The fourth-order valence-electron chi connectivity index (χ4n) is 2.97. The van der Waals surface area contributed by atoms with Gasteiger partial charge in [-0.05, 0) is 41.8 Å². The molecule has 1 heterocycles. The van der Waals surface area contributed by atoms with E-state index in [1.807, 2.05) is 0 Å². The van der Waals surface area contributed by atoms with E-state index in [0.717, 1.165) is 5.56 Å². The molecule has 4 N–H and O–H groups in total. The Kier molecular flexibility index (Phi) is 5.24. The zero-order chi connectivity index (χ0) is 19.6. The monoisotopic (exact) mass is 391 g/mol. The minimum atomic E-state index is -3.74. The predicted octanol–water partition coefficient (Wildman–Crippen LogP) is 1.26. The van der Waals surface area contributed by atoms with Crippen molar-refractivity contribution in [1.29, 1.82) is 0 Å². The van der Waals surface area contributed by atoms with Crippen LogP contribution in [0.3, 0.4) is 0 Å². The molecular formula is C18H18FN3O4S. The molecule has 3 rings (SSSR count). The Hall–Kier alpha value is -2.78. The number of benzene rings is 2. The van der Waals surface area contributed by atoms with Crippen molar-refractivity contribution in [1.82, 2.24) is 5.32 Å². The van der Waals surface area contributed by atoms with Crippen molar-refractivity contribution in [3.63, 3.8) is 0 Å². The highest BCUT2D eigenvalue weighted by molar-refractivity contribution is 7.89. The van der Waals surface area contributed by atoms with Crippen LogP contribution >= 0.6 is 0 Å². The molecule has 0 aromatic heterocycles. The summed E-state index contributed by atoms with van der Waals surface area (Å²) in [4.78, 5) is 24.3. The van der Waals surface area contributed by atoms with Crippen LogP contribution in [0.2, 0.25) is 0 Å². The van der Waals surface area contributed by atoms with Gasteiger partial charge in [-0.2, -0.15) is 0 Å². The molecule has 2 amide bonds. The largest absolute Gasteiger partial charge is 0.355 e. The van der Waals surface area contributed by atoms with Gasteiger partial charge in [-0.15, -0.1) is 0 Å². The maximum Gasteiger partial charge on any atom is 0.238 e. The number of halogens is 1. The van der Waals surface area contributed by atoms with Crippen LogP contribution in [-0.2, 0) is 26.0 Å². The highest BCUT2D eigenvalue weighted by Gasteiger charge is 2.30. The fourth-order valence-corrected chi connectivity index (χ4v) is 3.49. The summed E-state index contributed by atoms with van der Waals surface area (Å²) in [6, 6.07) is 10.0. The molecule has 0 radical (unpaired) electrons. The van der Waals surface area contributed by atoms with Crippen molar-refractivity contribution in [2.75, 3.05) is 11.9 Å². The van der Waals surface area contributed by atoms with Gasteiger partial charge < -0.3 is 10.6 Å². The number of hydrogen-bond acceptors (Lipinski definition) is 4. The molecule has 0 saturated carbocycles. The SMILES string of the molecule is NS(=O)(=O)c1ccc(CCNC(=O)[C@H]2CC(=O)Nc3cc(F)ccc32)cc1. The van der Waals surface area contributed by atoms with E-state index >= 15 is 0 Å². The van der Waals surface area contributed by atoms with E-state index in [0.29, 0.717) is 24.2 Å². The number of carbonyl (C=O) groups is 2. The van der Waals surface area contributed by atoms with Gasteiger partial charge in [0.2, 0.25) is 21.8 Å². The van der Waals surface area contributed by atoms with Gasteiger partial charge in [-0.1, -0.05) is 18.2 Å². The summed E-state index contributed by atoms with van der Waals surface area (Å²) in [7, 11) is -3.74. The van der Waals surface area contributed by atoms with Crippen LogP contribution in [0.15, 0.2) is 47.4 Å². The summed E-state index contributed by atoms with van der Waals surface area (Å²) in [5.74, 6) is -1.83. The molecule has 142 valence electrons. The van der Waals surface area contributed by atoms with E-state index in [1.54, 1.807) is 12.1 Å². The predicted molar refractivity (Wildman–Crippen MR) is 96.9 cm³/mol. The van der Waals surface area contributed by atoms with Crippen molar-refractivity contribution in [3.05, 3.63) is 59.4 Å². The number of nitrogens with two attached hydrogens (primary N) is 1. The molecule has 0 unspecified atom stereocenters. The molecular weight excluding hydrogens is 373 g/mol. The molecule has 1 aliphatic rings. The number of primary sulfonamides is 1. The van der Waals surface area contributed by atoms with Crippen LogP contribution in [0.1, 0.15) is 23.5 Å². The van der Waals surface area contributed by atoms with Crippen LogP contribution in [0.5, 0.6) is 0 Å². The number of amides is 2. The molecule has 2 aromatic carbocycles. The molecule has 0 fully saturated rings. The third kappa shape index (κ3) is 4.50. The molecule has 7 nitrogen and oxygen atoms in total. The normalized spacial score (nSPS) is 16.4. The van der Waals surface area contributed by atoms with Gasteiger partial charge in [0.1, 0.15) is 5.82 Å². The van der Waals surface area contributed by atoms with Crippen LogP contribution in [0.25, 0.3) is 0 Å². The lowest BCUT2D eigenvalue weighted by molar-refractivity contribution is -0.126. The average molecular weight is 391 g/mol. The Balaban J connectivity index is 1.62. The average Bonchev–Trinajstić information content (AvgIpc) is 2.60. The van der Waals surface area contributed by atoms with E-state index in [2.05, 4.69) is 10.6 Å². The smallest absolute Gasteiger partial charge is 0.238 e. The number of hydrogen-bond donors (Lipinski definition) is 3. The molecule has 1 atom stereocenters. The Labute approximate surface area is 155 Å². The van der Waals surface area contributed by atoms with Gasteiger partial charge >= 0.3 is 0 Å². The summed E-state index contributed by atoms with van der Waals surface area (Å²) >= 11 is 0. The third-order valence-corrected chi connectivity index (χ3v) is 5.26. The second-order valence-corrected chi connectivity index (χ2v) is 7.83. The standard InChI is InChI=1S/C18H18FN3O4S/c19-12-3-6-14-15(10-17(23)22-16(14)9-12)18(24)21-8-7-11-1-4-13(5-2-11)27(20,25)26/h1-6,9,15H,7-8,10H2,(H,21,24)(H,22,23)(H2,20,25,26)/t15-/m0/s1. The van der Waals surface area contributed by atoms with E-state index in [9.17, 15) is 22.4 Å². The second kappa shape index (κ2) is 7.45. The molecule has 0 aliphatic carbocycles. The van der Waals surface area contributed by atoms with Gasteiger partial charge in [0.05, 0.1) is 10.8 Å². The number of carbonyl (C=O) groups excluding carboxylic acids is 2. The molecule has 9 heteroatoms. The molecule has 0 bridgehead atoms. The van der Waals surface area contributed by atoms with E-state index in [4.69, 9.17) is 5.14 Å². The molecule has 27 heavy (non-hydrogen) atoms. The van der Waals surface area contributed by atoms with Gasteiger partial charge in [0.15, 0.2) is 0 Å². The van der Waals surface area contributed by atoms with Gasteiger partial charge in [0.25, 0.3) is 0 Å². The van der Waals surface area contributed by atoms with Crippen LogP contribution in [0.4, 0.5) is 10.1 Å². The summed E-state index contributed by atoms with van der Waals surface area (Å²) in [5, 5.41) is 10.4. The lowest BCUT2D eigenvalue weighted by atomic mass is 9.89. The van der Waals surface area contributed by atoms with Crippen LogP contribution in [-0.4, -0.2) is 26.8 Å². The highest BCUT2D eigenvalue weighted by Crippen LogP contribution is 2.32. The Morgan fingerprint density at radius 2 is 1.93 bits per heavy atom. The Bertz CT molecular complexity index is 990. The van der Waals surface area contributed by atoms with Crippen molar-refractivity contribution in [2.45, 2.75) is 23.7 Å². The minimum Gasteiger partial charge on any atom is -0.355 e. The molecule has 2 aromatic rings. The van der Waals surface area contributed by atoms with E-state index in [1.165, 1.54) is 30.3 Å². The van der Waals surface area contributed by atoms with Crippen molar-refractivity contribution in [2.24, 2.45) is 5.14 Å². The first-order valence-corrected chi connectivity index (χ1v) is 9.77. The molecule has 1 aliphatic heterocycles. The van der Waals surface area contributed by atoms with Crippen molar-refractivity contribution < 1.29 is 22.4 Å². The first-order chi connectivity index (χ1) is 12.7. The highest BCUT2D eigenvalue weighted by atomic mass is 32.2. The lowest BCUT2D eigenvalue weighted by Gasteiger charge is -2.24. The van der Waals surface area contributed by atoms with Crippen molar-refractivity contribution in [3.8, 4) is 0 Å². The van der Waals surface area contributed by atoms with Crippen molar-refractivity contribution >= 4 is 27.5 Å². The summed E-state index contributed by atoms with van der Waals surface area (Å²) in [6.45, 7) is 0.308. The first-order valence-electron chi connectivity index (χ1n) is 8.23. The first kappa shape index (κ1) is 19.0. The maximum atomic E-state index is 13.3. The number of rotatable bonds is 5. The van der Waals surface area contributed by atoms with Crippen LogP contribution < -0.4 is 15.8 Å². The number of nitrogens with one attached hydrogen (secondary N) is 2. The number of sulfonamides is 1. The summed E-state index contributed by atoms with van der Waals surface area (Å²) in [5.41, 5.74) is 1.71. The molecule has 0 saturated heterocycles. The minimum absolute atomic E-state index is 0.00643. The van der Waals surface area contributed by atoms with Gasteiger partial charge in [-0.3, -0.25) is 9.59 Å². The van der Waals surface area contributed by atoms with E-state index < -0.39 is 21.8 Å². The van der Waals surface area contributed by atoms with Gasteiger partial charge in [0, 0.05) is 18.7 Å². The third-order valence-electron chi connectivity index (χ3n) is 4.34. The van der Waals surface area contributed by atoms with Gasteiger partial charge in [-0.25, -0.2) is 17.9 Å². The fraction of sp³-hybridized carbons (Fsp3) is 0.222. The summed E-state index contributed by atoms with van der Waals surface area (Å²) in [6.07, 6.45) is 0.472. The quantitative estimate of drug-likeness (QED) is 0.711. The Morgan fingerprint density at radius 3 is 2.59 bits per heavy atom. The maximum absolute atomic E-state index is 13.3. The summed E-state index contributed by atoms with van der Waals surface area (Å²) < 4.78 is 35.8. The zero-order valence-electron chi connectivity index (χ0n) is 14.2. The van der Waals surface area contributed by atoms with E-state index in [-0.39, 0.29) is 23.1 Å². The molecule has 0 spiro atoms. The topological polar surface area (TPSA) is 118 Å². The second-order valence-electron chi connectivity index (χ2n) is 6.27. The number of anilines is 1.